The molecule has 2 fully saturated rings. The third-order valence-corrected chi connectivity index (χ3v) is 4.19. The Kier molecular flexibility index (Phi) is 3.39. The fraction of sp³-hybridized carbons (Fsp3) is 0.467. The molecule has 0 radical (unpaired) electrons. The van der Waals surface area contributed by atoms with Crippen LogP contribution < -0.4 is 0 Å². The van der Waals surface area contributed by atoms with Crippen molar-refractivity contribution in [2.24, 2.45) is 5.92 Å². The highest BCUT2D eigenvalue weighted by Crippen LogP contribution is 2.44. The number of hydrogen-bond acceptors (Lipinski definition) is 2. The van der Waals surface area contributed by atoms with Gasteiger partial charge in [0.25, 0.3) is 0 Å². The first-order chi connectivity index (χ1) is 10.0. The number of carboxylic acid groups (broad SMARTS) is 1. The number of likely N-dealkylation sites (tertiary alicyclic amines) is 1. The SMILES string of the molecule is O=C(O)C1CCC(=O)N(C2CC2)C1c1c(F)cccc1F. The summed E-state index contributed by atoms with van der Waals surface area (Å²) >= 11 is 0. The van der Waals surface area contributed by atoms with Crippen LogP contribution in [0.3, 0.4) is 0 Å². The number of carboxylic acids is 1. The Bertz CT molecular complexity index is 580. The minimum Gasteiger partial charge on any atom is -0.481 e. The normalized spacial score (nSPS) is 26.0. The lowest BCUT2D eigenvalue weighted by atomic mass is 9.83. The van der Waals surface area contributed by atoms with Gasteiger partial charge in [0.2, 0.25) is 5.91 Å². The van der Waals surface area contributed by atoms with Gasteiger partial charge >= 0.3 is 5.97 Å². The van der Waals surface area contributed by atoms with Gasteiger partial charge in [0.05, 0.1) is 12.0 Å². The summed E-state index contributed by atoms with van der Waals surface area (Å²) in [6, 6.07) is 2.28. The molecular weight excluding hydrogens is 280 g/mol. The molecular formula is C15H15F2NO3. The van der Waals surface area contributed by atoms with Crippen LogP contribution in [-0.2, 0) is 9.59 Å². The summed E-state index contributed by atoms with van der Waals surface area (Å²) in [5, 5.41) is 9.38. The van der Waals surface area contributed by atoms with E-state index in [4.69, 9.17) is 0 Å². The largest absolute Gasteiger partial charge is 0.481 e. The molecule has 2 unspecified atom stereocenters. The van der Waals surface area contributed by atoms with Crippen molar-refractivity contribution in [3.05, 3.63) is 35.4 Å². The average molecular weight is 295 g/mol. The molecule has 0 bridgehead atoms. The second-order valence-electron chi connectivity index (χ2n) is 5.60. The second kappa shape index (κ2) is 5.09. The molecule has 1 aliphatic carbocycles. The number of amides is 1. The van der Waals surface area contributed by atoms with Crippen LogP contribution in [0.2, 0.25) is 0 Å². The van der Waals surface area contributed by atoms with Gasteiger partial charge in [-0.2, -0.15) is 0 Å². The first-order valence-electron chi connectivity index (χ1n) is 6.98. The number of aliphatic carboxylic acids is 1. The molecule has 1 saturated heterocycles. The molecule has 0 spiro atoms. The maximum atomic E-state index is 14.1. The number of benzene rings is 1. The summed E-state index contributed by atoms with van der Waals surface area (Å²) in [7, 11) is 0. The minimum absolute atomic E-state index is 0.0938. The highest BCUT2D eigenvalue weighted by atomic mass is 19.1. The van der Waals surface area contributed by atoms with Crippen LogP contribution in [0.4, 0.5) is 8.78 Å². The molecule has 112 valence electrons. The first-order valence-corrected chi connectivity index (χ1v) is 6.98. The number of hydrogen-bond donors (Lipinski definition) is 1. The van der Waals surface area contributed by atoms with Crippen molar-refractivity contribution >= 4 is 11.9 Å². The minimum atomic E-state index is -1.12. The number of piperidine rings is 1. The summed E-state index contributed by atoms with van der Waals surface area (Å²) in [5.41, 5.74) is -0.301. The molecule has 1 aliphatic heterocycles. The lowest BCUT2D eigenvalue weighted by Crippen LogP contribution is -2.47. The Labute approximate surface area is 120 Å². The van der Waals surface area contributed by atoms with Crippen LogP contribution >= 0.6 is 0 Å². The van der Waals surface area contributed by atoms with Crippen LogP contribution in [0.15, 0.2) is 18.2 Å². The molecule has 1 aromatic rings. The Morgan fingerprint density at radius 3 is 2.33 bits per heavy atom. The van der Waals surface area contributed by atoms with Gasteiger partial charge in [0.15, 0.2) is 0 Å². The van der Waals surface area contributed by atoms with Gasteiger partial charge in [0, 0.05) is 18.0 Å². The molecule has 0 aromatic heterocycles. The van der Waals surface area contributed by atoms with E-state index < -0.39 is 29.6 Å². The Morgan fingerprint density at radius 2 is 1.81 bits per heavy atom. The zero-order chi connectivity index (χ0) is 15.1. The van der Waals surface area contributed by atoms with E-state index in [0.29, 0.717) is 0 Å². The van der Waals surface area contributed by atoms with E-state index in [2.05, 4.69) is 0 Å². The van der Waals surface area contributed by atoms with Crippen LogP contribution in [0.25, 0.3) is 0 Å². The smallest absolute Gasteiger partial charge is 0.308 e. The highest BCUT2D eigenvalue weighted by Gasteiger charge is 2.48. The fourth-order valence-electron chi connectivity index (χ4n) is 3.09. The molecule has 3 rings (SSSR count). The average Bonchev–Trinajstić information content (AvgIpc) is 3.22. The summed E-state index contributed by atoms with van der Waals surface area (Å²) < 4.78 is 28.2. The van der Waals surface area contributed by atoms with Gasteiger partial charge in [-0.05, 0) is 31.4 Å². The quantitative estimate of drug-likeness (QED) is 0.932. The number of nitrogens with zero attached hydrogens (tertiary/aromatic N) is 1. The monoisotopic (exact) mass is 295 g/mol. The maximum Gasteiger partial charge on any atom is 0.308 e. The number of rotatable bonds is 3. The summed E-state index contributed by atoms with van der Waals surface area (Å²) in [4.78, 5) is 25.0. The molecule has 2 atom stereocenters. The predicted molar refractivity (Wildman–Crippen MR) is 69.3 cm³/mol. The van der Waals surface area contributed by atoms with Crippen LogP contribution in [-0.4, -0.2) is 27.9 Å². The third-order valence-electron chi connectivity index (χ3n) is 4.19. The van der Waals surface area contributed by atoms with Crippen LogP contribution in [0, 0.1) is 17.6 Å². The van der Waals surface area contributed by atoms with Crippen molar-refractivity contribution < 1.29 is 23.5 Å². The van der Waals surface area contributed by atoms with Gasteiger partial charge in [-0.3, -0.25) is 9.59 Å². The van der Waals surface area contributed by atoms with Gasteiger partial charge in [-0.25, -0.2) is 8.78 Å². The van der Waals surface area contributed by atoms with E-state index >= 15 is 0 Å². The molecule has 1 saturated carbocycles. The van der Waals surface area contributed by atoms with Gasteiger partial charge in [-0.1, -0.05) is 6.07 Å². The van der Waals surface area contributed by atoms with Crippen molar-refractivity contribution in [3.8, 4) is 0 Å². The van der Waals surface area contributed by atoms with Gasteiger partial charge in [0.1, 0.15) is 11.6 Å². The molecule has 6 heteroatoms. The zero-order valence-electron chi connectivity index (χ0n) is 11.3. The van der Waals surface area contributed by atoms with Crippen molar-refractivity contribution in [1.29, 1.82) is 0 Å². The molecule has 21 heavy (non-hydrogen) atoms. The molecule has 1 amide bonds. The topological polar surface area (TPSA) is 57.6 Å². The van der Waals surface area contributed by atoms with Crippen molar-refractivity contribution in [3.63, 3.8) is 0 Å². The van der Waals surface area contributed by atoms with Gasteiger partial charge < -0.3 is 10.0 Å². The summed E-state index contributed by atoms with van der Waals surface area (Å²) in [5.74, 6) is -3.92. The third kappa shape index (κ3) is 2.39. The number of carbonyl (C=O) groups is 2. The van der Waals surface area contributed by atoms with E-state index in [-0.39, 0.29) is 30.4 Å². The predicted octanol–water partition coefficient (Wildman–Crippen LogP) is 2.49. The first kappa shape index (κ1) is 14.0. The van der Waals surface area contributed by atoms with Crippen molar-refractivity contribution in [2.75, 3.05) is 0 Å². The number of halogens is 2. The second-order valence-corrected chi connectivity index (χ2v) is 5.60. The van der Waals surface area contributed by atoms with Crippen molar-refractivity contribution in [2.45, 2.75) is 37.8 Å². The lowest BCUT2D eigenvalue weighted by molar-refractivity contribution is -0.152. The molecule has 4 nitrogen and oxygen atoms in total. The Morgan fingerprint density at radius 1 is 1.19 bits per heavy atom. The highest BCUT2D eigenvalue weighted by molar-refractivity contribution is 5.82. The van der Waals surface area contributed by atoms with E-state index in [1.807, 2.05) is 0 Å². The van der Waals surface area contributed by atoms with Crippen LogP contribution in [0.1, 0.15) is 37.3 Å². The molecule has 1 heterocycles. The van der Waals surface area contributed by atoms with Gasteiger partial charge in [-0.15, -0.1) is 0 Å². The Balaban J connectivity index is 2.11. The van der Waals surface area contributed by atoms with E-state index in [1.165, 1.54) is 11.0 Å². The van der Waals surface area contributed by atoms with E-state index in [1.54, 1.807) is 0 Å². The summed E-state index contributed by atoms with van der Waals surface area (Å²) in [6.45, 7) is 0. The van der Waals surface area contributed by atoms with E-state index in [0.717, 1.165) is 25.0 Å². The van der Waals surface area contributed by atoms with E-state index in [9.17, 15) is 23.5 Å². The van der Waals surface area contributed by atoms with Crippen molar-refractivity contribution in [1.82, 2.24) is 4.90 Å². The number of carbonyl (C=O) groups excluding carboxylic acids is 1. The molecule has 1 N–H and O–H groups in total. The van der Waals surface area contributed by atoms with Crippen LogP contribution in [0.5, 0.6) is 0 Å². The standard InChI is InChI=1S/C15H15F2NO3/c16-10-2-1-3-11(17)13(10)14-9(15(20)21)6-7-12(19)18(14)8-4-5-8/h1-3,8-9,14H,4-7H2,(H,20,21). The molecule has 2 aliphatic rings. The fourth-order valence-corrected chi connectivity index (χ4v) is 3.09. The zero-order valence-corrected chi connectivity index (χ0v) is 11.3. The maximum absolute atomic E-state index is 14.1. The molecule has 1 aromatic carbocycles. The Hall–Kier alpha value is -1.98. The lowest BCUT2D eigenvalue weighted by Gasteiger charge is -2.40. The summed E-state index contributed by atoms with van der Waals surface area (Å²) in [6.07, 6.45) is 1.73.